The maximum Gasteiger partial charge on any atom is 0.327 e. The molecule has 0 aliphatic heterocycles. The van der Waals surface area contributed by atoms with Gasteiger partial charge in [0.25, 0.3) is 0 Å². The van der Waals surface area contributed by atoms with E-state index in [4.69, 9.17) is 10.5 Å². The van der Waals surface area contributed by atoms with E-state index in [1.54, 1.807) is 23.1 Å². The molecule has 1 fully saturated rings. The van der Waals surface area contributed by atoms with E-state index in [2.05, 4.69) is 11.1 Å². The van der Waals surface area contributed by atoms with Crippen molar-refractivity contribution in [3.63, 3.8) is 0 Å². The fraction of sp³-hybridized carbons (Fsp3) is 0.467. The molecule has 21 heavy (non-hydrogen) atoms. The molecule has 1 aromatic carbocycles. The van der Waals surface area contributed by atoms with Gasteiger partial charge >= 0.3 is 5.97 Å². The van der Waals surface area contributed by atoms with Gasteiger partial charge in [-0.15, -0.1) is 11.3 Å². The molecule has 6 heteroatoms. The van der Waals surface area contributed by atoms with Gasteiger partial charge in [0.1, 0.15) is 5.54 Å². The number of esters is 1. The van der Waals surface area contributed by atoms with Crippen LogP contribution in [0.1, 0.15) is 19.8 Å². The average molecular weight is 322 g/mol. The van der Waals surface area contributed by atoms with Crippen LogP contribution < -0.4 is 5.73 Å². The van der Waals surface area contributed by atoms with Crippen LogP contribution >= 0.6 is 23.1 Å². The Morgan fingerprint density at radius 1 is 1.52 bits per heavy atom. The largest absolute Gasteiger partial charge is 0.465 e. The van der Waals surface area contributed by atoms with E-state index in [0.717, 1.165) is 27.4 Å². The second-order valence-electron chi connectivity index (χ2n) is 5.27. The molecule has 4 nitrogen and oxygen atoms in total. The Bertz CT molecular complexity index is 621. The van der Waals surface area contributed by atoms with Gasteiger partial charge in [-0.1, -0.05) is 23.9 Å². The predicted octanol–water partition coefficient (Wildman–Crippen LogP) is 3.06. The Labute approximate surface area is 132 Å². The third kappa shape index (κ3) is 3.07. The minimum absolute atomic E-state index is 0.249. The van der Waals surface area contributed by atoms with Crippen LogP contribution in [0.5, 0.6) is 0 Å². The molecule has 0 bridgehead atoms. The lowest BCUT2D eigenvalue weighted by Gasteiger charge is -2.26. The summed E-state index contributed by atoms with van der Waals surface area (Å²) in [5.41, 5.74) is 6.48. The van der Waals surface area contributed by atoms with Crippen molar-refractivity contribution in [2.24, 2.45) is 11.7 Å². The van der Waals surface area contributed by atoms with E-state index < -0.39 is 5.54 Å². The summed E-state index contributed by atoms with van der Waals surface area (Å²) in [7, 11) is 0. The van der Waals surface area contributed by atoms with Gasteiger partial charge in [0.15, 0.2) is 4.34 Å². The second kappa shape index (κ2) is 5.94. The summed E-state index contributed by atoms with van der Waals surface area (Å²) in [5.74, 6) is 0.496. The van der Waals surface area contributed by atoms with Crippen LogP contribution in [0.4, 0.5) is 0 Å². The van der Waals surface area contributed by atoms with E-state index in [1.807, 2.05) is 25.1 Å². The Morgan fingerprint density at radius 3 is 2.95 bits per heavy atom. The monoisotopic (exact) mass is 322 g/mol. The first-order valence-electron chi connectivity index (χ1n) is 7.08. The number of ether oxygens (including phenoxy) is 1. The van der Waals surface area contributed by atoms with Crippen molar-refractivity contribution in [3.8, 4) is 0 Å². The van der Waals surface area contributed by atoms with Gasteiger partial charge in [0.05, 0.1) is 16.8 Å². The number of benzene rings is 1. The third-order valence-corrected chi connectivity index (χ3v) is 6.06. The summed E-state index contributed by atoms with van der Waals surface area (Å²) in [6.45, 7) is 2.18. The summed E-state index contributed by atoms with van der Waals surface area (Å²) in [6, 6.07) is 8.04. The zero-order chi connectivity index (χ0) is 14.9. The van der Waals surface area contributed by atoms with Crippen molar-refractivity contribution in [1.29, 1.82) is 0 Å². The van der Waals surface area contributed by atoms with E-state index in [-0.39, 0.29) is 11.9 Å². The average Bonchev–Trinajstić information content (AvgIpc) is 3.25. The topological polar surface area (TPSA) is 65.2 Å². The van der Waals surface area contributed by atoms with Gasteiger partial charge in [-0.2, -0.15) is 0 Å². The Kier molecular flexibility index (Phi) is 4.19. The maximum atomic E-state index is 12.2. The Morgan fingerprint density at radius 2 is 2.29 bits per heavy atom. The van der Waals surface area contributed by atoms with E-state index in [1.165, 1.54) is 0 Å². The molecule has 1 aromatic heterocycles. The number of fused-ring (bicyclic) bond motifs is 1. The van der Waals surface area contributed by atoms with Gasteiger partial charge < -0.3 is 10.5 Å². The number of thioether (sulfide) groups is 1. The van der Waals surface area contributed by atoms with E-state index in [9.17, 15) is 4.79 Å². The number of carbonyl (C=O) groups excluding carboxylic acids is 1. The number of para-hydroxylation sites is 1. The number of carbonyl (C=O) groups is 1. The van der Waals surface area contributed by atoms with Crippen LogP contribution in [-0.2, 0) is 9.53 Å². The SMILES string of the molecule is CCOC(=O)C(N)(CSc1nc2ccccc2s1)C1CC1. The van der Waals surface area contributed by atoms with Crippen LogP contribution in [-0.4, -0.2) is 28.9 Å². The van der Waals surface area contributed by atoms with Crippen LogP contribution in [0.3, 0.4) is 0 Å². The molecule has 1 saturated carbocycles. The predicted molar refractivity (Wildman–Crippen MR) is 86.6 cm³/mol. The number of thiazole rings is 1. The fourth-order valence-corrected chi connectivity index (χ4v) is 4.56. The van der Waals surface area contributed by atoms with Crippen molar-refractivity contribution in [1.82, 2.24) is 4.98 Å². The lowest BCUT2D eigenvalue weighted by molar-refractivity contribution is -0.149. The molecule has 0 amide bonds. The molecule has 1 unspecified atom stereocenters. The highest BCUT2D eigenvalue weighted by Gasteiger charge is 2.49. The molecule has 2 N–H and O–H groups in total. The number of aromatic nitrogens is 1. The van der Waals surface area contributed by atoms with Gasteiger partial charge in [0, 0.05) is 5.75 Å². The molecule has 0 saturated heterocycles. The molecule has 0 radical (unpaired) electrons. The standard InChI is InChI=1S/C15H18N2O2S2/c1-2-19-13(18)15(16,10-7-8-10)9-20-14-17-11-5-3-4-6-12(11)21-14/h3-6,10H,2,7-9,16H2,1H3. The van der Waals surface area contributed by atoms with Crippen molar-refractivity contribution >= 4 is 39.3 Å². The minimum Gasteiger partial charge on any atom is -0.465 e. The van der Waals surface area contributed by atoms with Crippen LogP contribution in [0.25, 0.3) is 10.2 Å². The highest BCUT2D eigenvalue weighted by molar-refractivity contribution is 8.01. The lowest BCUT2D eigenvalue weighted by Crippen LogP contribution is -2.53. The smallest absolute Gasteiger partial charge is 0.327 e. The number of nitrogens with two attached hydrogens (primary N) is 1. The first kappa shape index (κ1) is 14.8. The maximum absolute atomic E-state index is 12.2. The van der Waals surface area contributed by atoms with Crippen LogP contribution in [0, 0.1) is 5.92 Å². The molecule has 0 spiro atoms. The van der Waals surface area contributed by atoms with Crippen LogP contribution in [0.2, 0.25) is 0 Å². The molecule has 1 aliphatic carbocycles. The second-order valence-corrected chi connectivity index (χ2v) is 7.52. The highest BCUT2D eigenvalue weighted by atomic mass is 32.2. The minimum atomic E-state index is -0.876. The molecular formula is C15H18N2O2S2. The zero-order valence-electron chi connectivity index (χ0n) is 11.9. The van der Waals surface area contributed by atoms with Gasteiger partial charge in [0.2, 0.25) is 0 Å². The summed E-state index contributed by atoms with van der Waals surface area (Å²) in [6.07, 6.45) is 2.02. The summed E-state index contributed by atoms with van der Waals surface area (Å²) < 4.78 is 7.27. The summed E-state index contributed by atoms with van der Waals surface area (Å²) in [4.78, 5) is 16.7. The molecule has 1 atom stereocenters. The number of nitrogens with zero attached hydrogens (tertiary/aromatic N) is 1. The fourth-order valence-electron chi connectivity index (χ4n) is 2.30. The summed E-state index contributed by atoms with van der Waals surface area (Å²) in [5, 5.41) is 0. The first-order chi connectivity index (χ1) is 10.1. The molecule has 112 valence electrons. The lowest BCUT2D eigenvalue weighted by atomic mass is 9.97. The highest BCUT2D eigenvalue weighted by Crippen LogP contribution is 2.42. The van der Waals surface area contributed by atoms with Crippen LogP contribution in [0.15, 0.2) is 28.6 Å². The van der Waals surface area contributed by atoms with Gasteiger partial charge in [-0.05, 0) is 37.8 Å². The van der Waals surface area contributed by atoms with Crippen molar-refractivity contribution in [2.45, 2.75) is 29.6 Å². The molecule has 3 rings (SSSR count). The molecule has 2 aromatic rings. The zero-order valence-corrected chi connectivity index (χ0v) is 13.5. The van der Waals surface area contributed by atoms with Crippen molar-refractivity contribution in [2.75, 3.05) is 12.4 Å². The summed E-state index contributed by atoms with van der Waals surface area (Å²) >= 11 is 3.20. The van der Waals surface area contributed by atoms with E-state index in [0.29, 0.717) is 12.4 Å². The Hall–Kier alpha value is -1.11. The number of rotatable bonds is 6. The molecule has 1 heterocycles. The normalized spacial score (nSPS) is 17.6. The van der Waals surface area contributed by atoms with Crippen molar-refractivity contribution in [3.05, 3.63) is 24.3 Å². The molecule has 1 aliphatic rings. The number of hydrogen-bond donors (Lipinski definition) is 1. The number of hydrogen-bond acceptors (Lipinski definition) is 6. The van der Waals surface area contributed by atoms with Crippen molar-refractivity contribution < 1.29 is 9.53 Å². The van der Waals surface area contributed by atoms with E-state index >= 15 is 0 Å². The van der Waals surface area contributed by atoms with Gasteiger partial charge in [-0.3, -0.25) is 4.79 Å². The first-order valence-corrected chi connectivity index (χ1v) is 8.88. The molecular weight excluding hydrogens is 304 g/mol. The Balaban J connectivity index is 1.73. The third-order valence-electron chi connectivity index (χ3n) is 3.67. The quantitative estimate of drug-likeness (QED) is 0.654. The van der Waals surface area contributed by atoms with Gasteiger partial charge in [-0.25, -0.2) is 4.98 Å².